The van der Waals surface area contributed by atoms with Gasteiger partial charge in [-0.25, -0.2) is 9.89 Å². The Hall–Kier alpha value is -3.40. The molecule has 0 saturated carbocycles. The van der Waals surface area contributed by atoms with Gasteiger partial charge >= 0.3 is 0 Å². The number of hydrogen-bond donors (Lipinski definition) is 2. The summed E-state index contributed by atoms with van der Waals surface area (Å²) < 4.78 is 5.29. The number of unbranched alkanes of at least 4 members (excludes halogenated alkanes) is 1. The van der Waals surface area contributed by atoms with E-state index in [4.69, 9.17) is 14.4 Å². The van der Waals surface area contributed by atoms with Crippen molar-refractivity contribution in [2.45, 2.75) is 63.8 Å². The molecule has 2 aliphatic heterocycles. The van der Waals surface area contributed by atoms with Gasteiger partial charge < -0.3 is 15.1 Å². The molecule has 0 radical (unpaired) electrons. The minimum absolute atomic E-state index is 0.0794. The van der Waals surface area contributed by atoms with Crippen LogP contribution in [0, 0.1) is 0 Å². The van der Waals surface area contributed by atoms with Crippen LogP contribution in [-0.2, 0) is 20.9 Å². The van der Waals surface area contributed by atoms with Gasteiger partial charge in [0, 0.05) is 18.5 Å². The fourth-order valence-electron chi connectivity index (χ4n) is 3.98. The summed E-state index contributed by atoms with van der Waals surface area (Å²) in [5.74, 6) is 0.723. The number of nitrogens with zero attached hydrogens (tertiary/aromatic N) is 3. The van der Waals surface area contributed by atoms with Crippen LogP contribution in [-0.4, -0.2) is 51.5 Å². The summed E-state index contributed by atoms with van der Waals surface area (Å²) in [6, 6.07) is 10.4. The molecule has 3 amide bonds. The molecule has 36 heavy (non-hydrogen) atoms. The van der Waals surface area contributed by atoms with Gasteiger partial charge in [0.1, 0.15) is 17.6 Å². The highest BCUT2D eigenvalue weighted by molar-refractivity contribution is 8.15. The Balaban J connectivity index is 1.48. The van der Waals surface area contributed by atoms with Crippen LogP contribution >= 0.6 is 11.8 Å². The van der Waals surface area contributed by atoms with Gasteiger partial charge in [0.2, 0.25) is 11.8 Å². The topological polar surface area (TPSA) is 116 Å². The Morgan fingerprint density at radius 3 is 2.75 bits per heavy atom. The van der Waals surface area contributed by atoms with Gasteiger partial charge in [0.05, 0.1) is 23.7 Å². The average Bonchev–Trinajstić information content (AvgIpc) is 3.53. The number of amides is 3. The summed E-state index contributed by atoms with van der Waals surface area (Å²) in [7, 11) is 0. The van der Waals surface area contributed by atoms with Gasteiger partial charge in [0.15, 0.2) is 5.17 Å². The van der Waals surface area contributed by atoms with Crippen molar-refractivity contribution in [3.05, 3.63) is 54.0 Å². The molecule has 190 valence electrons. The van der Waals surface area contributed by atoms with Crippen LogP contribution in [0.3, 0.4) is 0 Å². The number of carbonyl (C=O) groups is 3. The fraction of sp³-hybridized carbons (Fsp3) is 0.423. The Kier molecular flexibility index (Phi) is 8.58. The highest BCUT2D eigenvalue weighted by Gasteiger charge is 2.42. The molecule has 10 heteroatoms. The smallest absolute Gasteiger partial charge is 0.259 e. The lowest BCUT2D eigenvalue weighted by Gasteiger charge is -2.27. The number of carbonyl (C=O) groups excluding carboxylic acids is 3. The molecule has 0 aliphatic carbocycles. The van der Waals surface area contributed by atoms with Crippen molar-refractivity contribution in [2.24, 2.45) is 9.98 Å². The molecule has 0 spiro atoms. The number of benzene rings is 1. The number of fused-ring (bicyclic) bond motifs is 3. The lowest BCUT2D eigenvalue weighted by molar-refractivity contribution is -0.125. The van der Waals surface area contributed by atoms with Crippen molar-refractivity contribution in [1.29, 1.82) is 0 Å². The molecule has 1 aromatic heterocycles. The van der Waals surface area contributed by atoms with E-state index in [2.05, 4.69) is 17.6 Å². The quantitative estimate of drug-likeness (QED) is 0.448. The third-order valence-electron chi connectivity index (χ3n) is 5.97. The molecule has 0 bridgehead atoms. The van der Waals surface area contributed by atoms with E-state index in [9.17, 15) is 14.4 Å². The van der Waals surface area contributed by atoms with Crippen molar-refractivity contribution < 1.29 is 18.8 Å². The SMILES string of the molecule is CCCCNC(=O)CCC1N=C2c3ccccc3N=C(SC(CC)C(=O)NCc3ccco3)N2C1=O. The van der Waals surface area contributed by atoms with Crippen molar-refractivity contribution in [3.8, 4) is 0 Å². The van der Waals surface area contributed by atoms with Crippen LogP contribution in [0.5, 0.6) is 0 Å². The van der Waals surface area contributed by atoms with E-state index in [-0.39, 0.29) is 30.7 Å². The number of rotatable bonds is 11. The highest BCUT2D eigenvalue weighted by atomic mass is 32.2. The zero-order valence-electron chi connectivity index (χ0n) is 20.5. The van der Waals surface area contributed by atoms with Gasteiger partial charge in [-0.05, 0) is 43.5 Å². The lowest BCUT2D eigenvalue weighted by atomic mass is 10.1. The lowest BCUT2D eigenvalue weighted by Crippen LogP contribution is -2.43. The number of thioether (sulfide) groups is 1. The predicted molar refractivity (Wildman–Crippen MR) is 140 cm³/mol. The molecule has 1 aromatic carbocycles. The van der Waals surface area contributed by atoms with Gasteiger partial charge in [-0.3, -0.25) is 19.4 Å². The van der Waals surface area contributed by atoms with Gasteiger partial charge in [-0.15, -0.1) is 0 Å². The van der Waals surface area contributed by atoms with E-state index in [0.29, 0.717) is 41.8 Å². The molecule has 2 aromatic rings. The summed E-state index contributed by atoms with van der Waals surface area (Å²) in [6.07, 6.45) is 4.57. The van der Waals surface area contributed by atoms with Gasteiger partial charge in [-0.2, -0.15) is 0 Å². The number of aliphatic imine (C=N–C) groups is 2. The first-order valence-corrected chi connectivity index (χ1v) is 13.2. The van der Waals surface area contributed by atoms with Crippen LogP contribution in [0.2, 0.25) is 0 Å². The van der Waals surface area contributed by atoms with Crippen molar-refractivity contribution in [2.75, 3.05) is 6.54 Å². The standard InChI is InChI=1S/C26H31N5O4S/c1-3-5-14-27-22(32)13-12-20-25(34)31-23(29-20)18-10-6-7-11-19(18)30-26(31)36-21(4-2)24(33)28-16-17-9-8-15-35-17/h6-11,15,20-21H,3-5,12-14,16H2,1-2H3,(H,27,32)(H,28,33). The third-order valence-corrected chi connectivity index (χ3v) is 7.29. The average molecular weight is 510 g/mol. The van der Waals surface area contributed by atoms with Gasteiger partial charge in [-0.1, -0.05) is 44.2 Å². The molecular formula is C26H31N5O4S. The van der Waals surface area contributed by atoms with Crippen LogP contribution in [0.1, 0.15) is 57.3 Å². The molecular weight excluding hydrogens is 478 g/mol. The summed E-state index contributed by atoms with van der Waals surface area (Å²) >= 11 is 1.25. The van der Waals surface area contributed by atoms with Crippen molar-refractivity contribution >= 4 is 46.2 Å². The molecule has 2 atom stereocenters. The molecule has 4 rings (SSSR count). The minimum atomic E-state index is -0.665. The monoisotopic (exact) mass is 509 g/mol. The fourth-order valence-corrected chi connectivity index (χ4v) is 5.03. The number of nitrogens with one attached hydrogen (secondary N) is 2. The molecule has 9 nitrogen and oxygen atoms in total. The van der Waals surface area contributed by atoms with E-state index in [1.807, 2.05) is 31.2 Å². The van der Waals surface area contributed by atoms with E-state index in [0.717, 1.165) is 18.4 Å². The Bertz CT molecular complexity index is 1160. The second-order valence-electron chi connectivity index (χ2n) is 8.61. The number of para-hydroxylation sites is 1. The summed E-state index contributed by atoms with van der Waals surface area (Å²) in [6.45, 7) is 4.91. The normalized spacial score (nSPS) is 17.1. The Morgan fingerprint density at radius 1 is 1.17 bits per heavy atom. The highest BCUT2D eigenvalue weighted by Crippen LogP contribution is 2.35. The Labute approximate surface area is 214 Å². The minimum Gasteiger partial charge on any atom is -0.467 e. The second kappa shape index (κ2) is 12.0. The van der Waals surface area contributed by atoms with Crippen molar-refractivity contribution in [1.82, 2.24) is 15.5 Å². The molecule has 3 heterocycles. The predicted octanol–water partition coefficient (Wildman–Crippen LogP) is 3.76. The first-order chi connectivity index (χ1) is 17.5. The second-order valence-corrected chi connectivity index (χ2v) is 9.78. The van der Waals surface area contributed by atoms with Crippen LogP contribution in [0.15, 0.2) is 57.1 Å². The first-order valence-electron chi connectivity index (χ1n) is 12.3. The molecule has 2 N–H and O–H groups in total. The zero-order chi connectivity index (χ0) is 25.5. The Morgan fingerprint density at radius 2 is 2.00 bits per heavy atom. The summed E-state index contributed by atoms with van der Waals surface area (Å²) in [5, 5.41) is 5.74. The van der Waals surface area contributed by atoms with E-state index in [1.165, 1.54) is 16.7 Å². The van der Waals surface area contributed by atoms with Crippen LogP contribution in [0.25, 0.3) is 0 Å². The molecule has 0 fully saturated rings. The first kappa shape index (κ1) is 25.7. The third kappa shape index (κ3) is 5.87. The maximum atomic E-state index is 13.4. The maximum absolute atomic E-state index is 13.4. The van der Waals surface area contributed by atoms with E-state index in [1.54, 1.807) is 18.4 Å². The number of furan rings is 1. The van der Waals surface area contributed by atoms with Gasteiger partial charge in [0.25, 0.3) is 5.91 Å². The largest absolute Gasteiger partial charge is 0.467 e. The number of amidine groups is 2. The van der Waals surface area contributed by atoms with Crippen LogP contribution < -0.4 is 10.6 Å². The molecule has 0 saturated heterocycles. The van der Waals surface area contributed by atoms with Crippen LogP contribution in [0.4, 0.5) is 5.69 Å². The molecule has 2 aliphatic rings. The zero-order valence-corrected chi connectivity index (χ0v) is 21.3. The number of hydrogen-bond acceptors (Lipinski definition) is 7. The molecule has 2 unspecified atom stereocenters. The summed E-state index contributed by atoms with van der Waals surface area (Å²) in [5.41, 5.74) is 1.46. The van der Waals surface area contributed by atoms with E-state index < -0.39 is 11.3 Å². The van der Waals surface area contributed by atoms with E-state index >= 15 is 0 Å². The summed E-state index contributed by atoms with van der Waals surface area (Å²) in [4.78, 5) is 49.5. The van der Waals surface area contributed by atoms with Crippen molar-refractivity contribution in [3.63, 3.8) is 0 Å². The maximum Gasteiger partial charge on any atom is 0.259 e.